The average Bonchev–Trinajstić information content (AvgIpc) is 3.47. The Hall–Kier alpha value is -3.21. The molecule has 1 aromatic carbocycles. The molecule has 0 saturated carbocycles. The average molecular weight is 425 g/mol. The first-order chi connectivity index (χ1) is 15.0. The molecule has 3 aromatic rings. The Kier molecular flexibility index (Phi) is 6.31. The monoisotopic (exact) mass is 425 g/mol. The van der Waals surface area contributed by atoms with Gasteiger partial charge in [0.25, 0.3) is 0 Å². The molecule has 0 spiro atoms. The third-order valence-corrected chi connectivity index (χ3v) is 5.10. The zero-order valence-corrected chi connectivity index (χ0v) is 17.9. The summed E-state index contributed by atoms with van der Waals surface area (Å²) in [7, 11) is 3.51. The molecule has 0 radical (unpaired) electrons. The SMILES string of the molecule is COCCN1C[C@@H](NC(=O)Nc2c(C)c(-c3cnn(C)c3)nn2-c2ccccc2)CO1. The molecular weight excluding hydrogens is 398 g/mol. The normalized spacial score (nSPS) is 16.5. The predicted octanol–water partition coefficient (Wildman–Crippen LogP) is 1.96. The van der Waals surface area contributed by atoms with Crippen molar-refractivity contribution in [3.63, 3.8) is 0 Å². The second kappa shape index (κ2) is 9.29. The first-order valence-corrected chi connectivity index (χ1v) is 10.1. The smallest absolute Gasteiger partial charge is 0.320 e. The summed E-state index contributed by atoms with van der Waals surface area (Å²) in [6, 6.07) is 9.29. The fourth-order valence-corrected chi connectivity index (χ4v) is 3.53. The van der Waals surface area contributed by atoms with E-state index in [2.05, 4.69) is 15.7 Å². The van der Waals surface area contributed by atoms with Gasteiger partial charge in [-0.15, -0.1) is 0 Å². The molecule has 1 aliphatic rings. The van der Waals surface area contributed by atoms with Gasteiger partial charge in [-0.1, -0.05) is 18.2 Å². The molecule has 10 heteroatoms. The van der Waals surface area contributed by atoms with Crippen LogP contribution < -0.4 is 10.6 Å². The lowest BCUT2D eigenvalue weighted by Gasteiger charge is -2.15. The Balaban J connectivity index is 1.54. The number of carbonyl (C=O) groups excluding carboxylic acids is 1. The van der Waals surface area contributed by atoms with Crippen molar-refractivity contribution in [2.45, 2.75) is 13.0 Å². The van der Waals surface area contributed by atoms with Gasteiger partial charge in [-0.3, -0.25) is 14.8 Å². The molecule has 3 heterocycles. The van der Waals surface area contributed by atoms with Gasteiger partial charge in [-0.05, 0) is 19.1 Å². The summed E-state index contributed by atoms with van der Waals surface area (Å²) >= 11 is 0. The van der Waals surface area contributed by atoms with Crippen molar-refractivity contribution in [2.75, 3.05) is 38.7 Å². The van der Waals surface area contributed by atoms with Crippen molar-refractivity contribution in [1.29, 1.82) is 0 Å². The number of hydrogen-bond acceptors (Lipinski definition) is 6. The minimum Gasteiger partial charge on any atom is -0.383 e. The molecule has 1 saturated heterocycles. The highest BCUT2D eigenvalue weighted by Crippen LogP contribution is 2.30. The van der Waals surface area contributed by atoms with Gasteiger partial charge in [-0.25, -0.2) is 9.48 Å². The molecule has 1 aliphatic heterocycles. The number of rotatable bonds is 7. The summed E-state index contributed by atoms with van der Waals surface area (Å²) < 4.78 is 8.54. The summed E-state index contributed by atoms with van der Waals surface area (Å²) in [6.07, 6.45) is 3.66. The molecule has 2 aromatic heterocycles. The topological polar surface area (TPSA) is 98.5 Å². The number of benzene rings is 1. The maximum atomic E-state index is 12.8. The number of aromatic nitrogens is 4. The van der Waals surface area contributed by atoms with Gasteiger partial charge in [0, 0.05) is 44.6 Å². The van der Waals surface area contributed by atoms with Crippen molar-refractivity contribution in [3.8, 4) is 16.9 Å². The number of carbonyl (C=O) groups is 1. The lowest BCUT2D eigenvalue weighted by atomic mass is 10.1. The van der Waals surface area contributed by atoms with Gasteiger partial charge in [-0.2, -0.15) is 15.3 Å². The lowest BCUT2D eigenvalue weighted by molar-refractivity contribution is -0.118. The number of nitrogens with zero attached hydrogens (tertiary/aromatic N) is 5. The molecule has 1 fully saturated rings. The molecule has 2 amide bonds. The molecule has 0 unspecified atom stereocenters. The van der Waals surface area contributed by atoms with Crippen LogP contribution in [0.25, 0.3) is 16.9 Å². The van der Waals surface area contributed by atoms with Gasteiger partial charge in [0.2, 0.25) is 0 Å². The van der Waals surface area contributed by atoms with Crippen molar-refractivity contribution >= 4 is 11.8 Å². The van der Waals surface area contributed by atoms with Crippen LogP contribution in [0.15, 0.2) is 42.7 Å². The van der Waals surface area contributed by atoms with E-state index in [-0.39, 0.29) is 12.1 Å². The maximum Gasteiger partial charge on any atom is 0.320 e. The fraction of sp³-hybridized carbons (Fsp3) is 0.381. The molecule has 31 heavy (non-hydrogen) atoms. The number of para-hydroxylation sites is 1. The number of amides is 2. The van der Waals surface area contributed by atoms with Crippen LogP contribution in [-0.2, 0) is 16.6 Å². The minimum absolute atomic E-state index is 0.108. The lowest BCUT2D eigenvalue weighted by Crippen LogP contribution is -2.41. The molecule has 4 rings (SSSR count). The standard InChI is InChI=1S/C21H27N7O3/c1-15-19(16-11-22-26(2)12-16)25-28(18-7-5-4-6-8-18)20(15)24-21(29)23-17-13-27(31-14-17)9-10-30-3/h4-8,11-12,17H,9-10,13-14H2,1-3H3,(H2,23,24,29)/t17-/m1/s1. The van der Waals surface area contributed by atoms with Crippen LogP contribution in [0.2, 0.25) is 0 Å². The maximum absolute atomic E-state index is 12.8. The van der Waals surface area contributed by atoms with Gasteiger partial charge < -0.3 is 10.1 Å². The summed E-state index contributed by atoms with van der Waals surface area (Å²) in [6.45, 7) is 4.20. The molecule has 1 atom stereocenters. The highest BCUT2D eigenvalue weighted by molar-refractivity contribution is 5.91. The number of anilines is 1. The zero-order valence-electron chi connectivity index (χ0n) is 17.9. The first-order valence-electron chi connectivity index (χ1n) is 10.1. The van der Waals surface area contributed by atoms with E-state index in [0.29, 0.717) is 32.1 Å². The predicted molar refractivity (Wildman–Crippen MR) is 116 cm³/mol. The number of methoxy groups -OCH3 is 1. The number of nitrogens with one attached hydrogen (secondary N) is 2. The molecule has 0 aliphatic carbocycles. The quantitative estimate of drug-likeness (QED) is 0.601. The van der Waals surface area contributed by atoms with Gasteiger partial charge in [0.1, 0.15) is 11.5 Å². The Bertz CT molecular complexity index is 1030. The highest BCUT2D eigenvalue weighted by Gasteiger charge is 2.26. The molecule has 10 nitrogen and oxygen atoms in total. The van der Waals surface area contributed by atoms with E-state index in [0.717, 1.165) is 22.5 Å². The zero-order chi connectivity index (χ0) is 21.8. The van der Waals surface area contributed by atoms with Gasteiger partial charge in [0.15, 0.2) is 0 Å². The van der Waals surface area contributed by atoms with E-state index in [1.54, 1.807) is 27.7 Å². The number of hydroxylamine groups is 2. The van der Waals surface area contributed by atoms with Crippen LogP contribution >= 0.6 is 0 Å². The number of urea groups is 1. The summed E-state index contributed by atoms with van der Waals surface area (Å²) in [4.78, 5) is 18.4. The van der Waals surface area contributed by atoms with Crippen LogP contribution in [0.1, 0.15) is 5.56 Å². The Morgan fingerprint density at radius 1 is 1.32 bits per heavy atom. The van der Waals surface area contributed by atoms with E-state index in [4.69, 9.17) is 14.7 Å². The molecule has 2 N–H and O–H groups in total. The summed E-state index contributed by atoms with van der Waals surface area (Å²) in [5.74, 6) is 0.609. The number of hydrogen-bond donors (Lipinski definition) is 2. The minimum atomic E-state index is -0.305. The Morgan fingerprint density at radius 2 is 2.13 bits per heavy atom. The van der Waals surface area contributed by atoms with Crippen LogP contribution in [0.5, 0.6) is 0 Å². The third kappa shape index (κ3) is 4.76. The van der Waals surface area contributed by atoms with E-state index < -0.39 is 0 Å². The number of aryl methyl sites for hydroxylation is 1. The largest absolute Gasteiger partial charge is 0.383 e. The highest BCUT2D eigenvalue weighted by atomic mass is 16.7. The number of ether oxygens (including phenoxy) is 1. The Morgan fingerprint density at radius 3 is 2.84 bits per heavy atom. The van der Waals surface area contributed by atoms with Crippen LogP contribution in [0.4, 0.5) is 10.6 Å². The van der Waals surface area contributed by atoms with Crippen LogP contribution in [0, 0.1) is 6.92 Å². The molecule has 0 bridgehead atoms. The van der Waals surface area contributed by atoms with Crippen molar-refractivity contribution in [1.82, 2.24) is 29.9 Å². The van der Waals surface area contributed by atoms with Gasteiger partial charge in [0.05, 0.1) is 31.1 Å². The van der Waals surface area contributed by atoms with E-state index in [1.165, 1.54) is 0 Å². The molecular formula is C21H27N7O3. The van der Waals surface area contributed by atoms with E-state index >= 15 is 0 Å². The van der Waals surface area contributed by atoms with E-state index in [1.807, 2.05) is 50.5 Å². The Labute approximate surface area is 180 Å². The molecule has 164 valence electrons. The fourth-order valence-electron chi connectivity index (χ4n) is 3.53. The summed E-state index contributed by atoms with van der Waals surface area (Å²) in [5, 5.41) is 16.8. The van der Waals surface area contributed by atoms with Crippen LogP contribution in [-0.4, -0.2) is 70.1 Å². The van der Waals surface area contributed by atoms with Crippen molar-refractivity contribution < 1.29 is 14.4 Å². The van der Waals surface area contributed by atoms with Crippen molar-refractivity contribution in [3.05, 3.63) is 48.3 Å². The second-order valence-electron chi connectivity index (χ2n) is 7.44. The van der Waals surface area contributed by atoms with Crippen molar-refractivity contribution in [2.24, 2.45) is 7.05 Å². The third-order valence-electron chi connectivity index (χ3n) is 5.10. The summed E-state index contributed by atoms with van der Waals surface area (Å²) in [5.41, 5.74) is 3.36. The van der Waals surface area contributed by atoms with Gasteiger partial charge >= 0.3 is 6.03 Å². The van der Waals surface area contributed by atoms with E-state index in [9.17, 15) is 4.79 Å². The first kappa shape index (κ1) is 21.0. The van der Waals surface area contributed by atoms with Crippen LogP contribution in [0.3, 0.4) is 0 Å². The second-order valence-corrected chi connectivity index (χ2v) is 7.44.